The van der Waals surface area contributed by atoms with Gasteiger partial charge >= 0.3 is 0 Å². The van der Waals surface area contributed by atoms with Gasteiger partial charge in [0.2, 0.25) is 5.95 Å². The van der Waals surface area contributed by atoms with Crippen molar-refractivity contribution in [3.8, 4) is 23.1 Å². The largest absolute Gasteiger partial charge is 0.490 e. The van der Waals surface area contributed by atoms with Crippen LogP contribution in [0, 0.1) is 28.4 Å². The van der Waals surface area contributed by atoms with E-state index in [9.17, 15) is 15.4 Å². The van der Waals surface area contributed by atoms with E-state index in [1.54, 1.807) is 6.07 Å². The summed E-state index contributed by atoms with van der Waals surface area (Å²) in [4.78, 5) is 24.5. The average Bonchev–Trinajstić information content (AvgIpc) is 3.28. The molecule has 0 fully saturated rings. The van der Waals surface area contributed by atoms with Crippen molar-refractivity contribution >= 4 is 33.9 Å². The molecule has 194 valence electrons. The smallest absolute Gasteiger partial charge is 0.294 e. The topological polar surface area (TPSA) is 125 Å². The number of nitro benzene ring substituents is 1. The molecule has 2 aromatic heterocycles. The van der Waals surface area contributed by atoms with E-state index < -0.39 is 0 Å². The Kier molecular flexibility index (Phi) is 6.57. The predicted molar refractivity (Wildman–Crippen MR) is 146 cm³/mol. The lowest BCUT2D eigenvalue weighted by Crippen LogP contribution is -2.29. The monoisotopic (exact) mass is 512 g/mol. The van der Waals surface area contributed by atoms with Gasteiger partial charge < -0.3 is 24.4 Å². The van der Waals surface area contributed by atoms with Crippen molar-refractivity contribution in [2.75, 3.05) is 51.1 Å². The highest BCUT2D eigenvalue weighted by molar-refractivity contribution is 5.99. The van der Waals surface area contributed by atoms with E-state index in [0.717, 1.165) is 34.3 Å². The van der Waals surface area contributed by atoms with Crippen molar-refractivity contribution in [1.82, 2.24) is 19.4 Å². The molecule has 38 heavy (non-hydrogen) atoms. The lowest BCUT2D eigenvalue weighted by atomic mass is 10.1. The number of nitro groups is 1. The van der Waals surface area contributed by atoms with Crippen LogP contribution < -0.4 is 15.0 Å². The van der Waals surface area contributed by atoms with E-state index in [1.807, 2.05) is 62.3 Å². The van der Waals surface area contributed by atoms with E-state index in [2.05, 4.69) is 20.9 Å². The Bertz CT molecular complexity index is 1590. The molecular weight excluding hydrogens is 484 g/mol. The third-order valence-electron chi connectivity index (χ3n) is 6.67. The normalized spacial score (nSPS) is 12.3. The van der Waals surface area contributed by atoms with E-state index in [-0.39, 0.29) is 16.6 Å². The number of likely N-dealkylation sites (N-methyl/N-ethyl adjacent to an activating group) is 2. The lowest BCUT2D eigenvalue weighted by molar-refractivity contribution is -0.384. The summed E-state index contributed by atoms with van der Waals surface area (Å²) in [5.41, 5.74) is 4.44. The van der Waals surface area contributed by atoms with Gasteiger partial charge in [0.15, 0.2) is 0 Å². The highest BCUT2D eigenvalue weighted by atomic mass is 16.6. The number of nitrogens with one attached hydrogen (secondary N) is 1. The van der Waals surface area contributed by atoms with E-state index in [0.29, 0.717) is 42.3 Å². The first-order valence-corrected chi connectivity index (χ1v) is 12.2. The van der Waals surface area contributed by atoms with Gasteiger partial charge in [-0.1, -0.05) is 12.1 Å². The van der Waals surface area contributed by atoms with Crippen molar-refractivity contribution in [1.29, 1.82) is 5.26 Å². The van der Waals surface area contributed by atoms with Crippen molar-refractivity contribution in [3.05, 3.63) is 64.0 Å². The van der Waals surface area contributed by atoms with Crippen LogP contribution in [0.1, 0.15) is 11.1 Å². The summed E-state index contributed by atoms with van der Waals surface area (Å²) in [5, 5.41) is 25.8. The minimum atomic E-state index is -0.382. The number of aromatic nitrogens is 3. The fourth-order valence-electron chi connectivity index (χ4n) is 4.65. The molecule has 0 spiro atoms. The first kappa shape index (κ1) is 25.0. The Hall–Kier alpha value is -4.69. The summed E-state index contributed by atoms with van der Waals surface area (Å²) >= 11 is 0. The third kappa shape index (κ3) is 4.57. The number of nitrogens with zero attached hydrogens (tertiary/aromatic N) is 7. The van der Waals surface area contributed by atoms with Crippen LogP contribution in [0.25, 0.3) is 22.2 Å². The average molecular weight is 513 g/mol. The number of anilines is 3. The van der Waals surface area contributed by atoms with E-state index >= 15 is 0 Å². The van der Waals surface area contributed by atoms with E-state index in [4.69, 9.17) is 9.72 Å². The maximum atomic E-state index is 12.0. The van der Waals surface area contributed by atoms with Gasteiger partial charge in [-0.15, -0.1) is 0 Å². The quantitative estimate of drug-likeness (QED) is 0.271. The molecule has 2 aromatic carbocycles. The van der Waals surface area contributed by atoms with Gasteiger partial charge in [0, 0.05) is 43.4 Å². The summed E-state index contributed by atoms with van der Waals surface area (Å²) in [7, 11) is 5.77. The minimum absolute atomic E-state index is 0.0118. The molecule has 5 rings (SSSR count). The first-order chi connectivity index (χ1) is 18.3. The summed E-state index contributed by atoms with van der Waals surface area (Å²) in [6.07, 6.45) is 3.46. The molecule has 3 heterocycles. The highest BCUT2D eigenvalue weighted by Crippen LogP contribution is 2.38. The number of hydrogen-bond acceptors (Lipinski definition) is 9. The Morgan fingerprint density at radius 2 is 2.08 bits per heavy atom. The number of para-hydroxylation sites is 1. The Morgan fingerprint density at radius 3 is 2.82 bits per heavy atom. The third-order valence-corrected chi connectivity index (χ3v) is 6.67. The van der Waals surface area contributed by atoms with Gasteiger partial charge in [-0.05, 0) is 38.7 Å². The van der Waals surface area contributed by atoms with Gasteiger partial charge in [-0.3, -0.25) is 10.1 Å². The van der Waals surface area contributed by atoms with Crippen LogP contribution in [0.15, 0.2) is 42.7 Å². The number of benzene rings is 2. The van der Waals surface area contributed by atoms with Crippen molar-refractivity contribution < 1.29 is 9.66 Å². The summed E-state index contributed by atoms with van der Waals surface area (Å²) in [6.45, 7) is 4.55. The second kappa shape index (κ2) is 9.99. The number of nitriles is 1. The summed E-state index contributed by atoms with van der Waals surface area (Å²) in [5.74, 6) is 1.04. The first-order valence-electron chi connectivity index (χ1n) is 12.2. The van der Waals surface area contributed by atoms with Gasteiger partial charge in [0.05, 0.1) is 40.1 Å². The van der Waals surface area contributed by atoms with Crippen molar-refractivity contribution in [2.24, 2.45) is 0 Å². The molecule has 11 nitrogen and oxygen atoms in total. The van der Waals surface area contributed by atoms with Crippen LogP contribution in [-0.2, 0) is 6.54 Å². The maximum Gasteiger partial charge on any atom is 0.294 e. The molecule has 0 saturated heterocycles. The standard InChI is InChI=1S/C27H28N8O3/c1-17-12-22(33(4)9-8-32(2)3)23(35(36)37)13-21(17)30-27-29-15-18(14-28)25(31-27)20-16-34-10-11-38-24-7-5-6-19(20)26(24)34/h5-7,12-13,15-16H,8-11H2,1-4H3,(H,29,30,31). The SMILES string of the molecule is Cc1cc(N(C)CCN(C)C)c([N+](=O)[O-])cc1Nc1ncc(C#N)c(-c2cn3c4c(cccc24)OCC3)n1. The number of aryl methyl sites for hydroxylation is 1. The van der Waals surface area contributed by atoms with Crippen molar-refractivity contribution in [2.45, 2.75) is 13.5 Å². The van der Waals surface area contributed by atoms with Gasteiger partial charge in [0.25, 0.3) is 5.69 Å². The van der Waals surface area contributed by atoms with Crippen LogP contribution >= 0.6 is 0 Å². The zero-order valence-corrected chi connectivity index (χ0v) is 21.7. The second-order valence-corrected chi connectivity index (χ2v) is 9.57. The molecule has 0 amide bonds. The van der Waals surface area contributed by atoms with Crippen LogP contribution in [0.3, 0.4) is 0 Å². The zero-order valence-electron chi connectivity index (χ0n) is 21.7. The molecule has 0 saturated carbocycles. The Morgan fingerprint density at radius 1 is 1.26 bits per heavy atom. The molecule has 0 atom stereocenters. The minimum Gasteiger partial charge on any atom is -0.490 e. The van der Waals surface area contributed by atoms with Gasteiger partial charge in [0.1, 0.15) is 24.1 Å². The van der Waals surface area contributed by atoms with Crippen LogP contribution in [-0.4, -0.2) is 65.2 Å². The molecule has 11 heteroatoms. The Labute approximate surface area is 220 Å². The predicted octanol–water partition coefficient (Wildman–Crippen LogP) is 4.32. The number of rotatable bonds is 8. The molecule has 1 N–H and O–H groups in total. The summed E-state index contributed by atoms with van der Waals surface area (Å²) in [6, 6.07) is 11.3. The van der Waals surface area contributed by atoms with Crippen LogP contribution in [0.5, 0.6) is 5.75 Å². The molecule has 4 aromatic rings. The zero-order chi connectivity index (χ0) is 27.0. The highest BCUT2D eigenvalue weighted by Gasteiger charge is 2.23. The van der Waals surface area contributed by atoms with Crippen LogP contribution in [0.2, 0.25) is 0 Å². The molecule has 0 aliphatic carbocycles. The Balaban J connectivity index is 1.53. The number of ether oxygens (including phenoxy) is 1. The molecule has 1 aliphatic rings. The molecular formula is C27H28N8O3. The second-order valence-electron chi connectivity index (χ2n) is 9.57. The summed E-state index contributed by atoms with van der Waals surface area (Å²) < 4.78 is 7.92. The molecule has 1 aliphatic heterocycles. The van der Waals surface area contributed by atoms with Gasteiger partial charge in [-0.2, -0.15) is 5.26 Å². The fourth-order valence-corrected chi connectivity index (χ4v) is 4.65. The van der Waals surface area contributed by atoms with Crippen molar-refractivity contribution in [3.63, 3.8) is 0 Å². The molecule has 0 radical (unpaired) electrons. The van der Waals surface area contributed by atoms with Crippen LogP contribution in [0.4, 0.5) is 23.0 Å². The maximum absolute atomic E-state index is 12.0. The molecule has 0 bridgehead atoms. The van der Waals surface area contributed by atoms with E-state index in [1.165, 1.54) is 12.3 Å². The fraction of sp³-hybridized carbons (Fsp3) is 0.296. The molecule has 0 unspecified atom stereocenters. The van der Waals surface area contributed by atoms with Gasteiger partial charge in [-0.25, -0.2) is 9.97 Å². The lowest BCUT2D eigenvalue weighted by Gasteiger charge is -2.22. The number of hydrogen-bond donors (Lipinski definition) is 1.